The number of rotatable bonds is 7. The molecular weight excluding hydrogens is 406 g/mol. The van der Waals surface area contributed by atoms with Crippen LogP contribution in [0, 0.1) is 35.0 Å². The van der Waals surface area contributed by atoms with E-state index >= 15 is 0 Å². The van der Waals surface area contributed by atoms with Crippen molar-refractivity contribution in [3.63, 3.8) is 0 Å². The van der Waals surface area contributed by atoms with Gasteiger partial charge in [0.1, 0.15) is 0 Å². The summed E-state index contributed by atoms with van der Waals surface area (Å²) in [7, 11) is 1.65. The Balaban J connectivity index is 1.47. The number of ether oxygens (including phenoxy) is 2. The molecule has 0 aromatic heterocycles. The van der Waals surface area contributed by atoms with E-state index in [-0.39, 0.29) is 41.7 Å². The molecule has 4 aliphatic heterocycles. The van der Waals surface area contributed by atoms with Gasteiger partial charge in [-0.15, -0.1) is 0 Å². The number of fused-ring (bicyclic) bond motifs is 1. The third kappa shape index (κ3) is 4.43. The van der Waals surface area contributed by atoms with Crippen LogP contribution in [0.4, 0.5) is 0 Å². The van der Waals surface area contributed by atoms with Gasteiger partial charge in [-0.25, -0.2) is 4.99 Å². The van der Waals surface area contributed by atoms with E-state index in [0.717, 1.165) is 30.7 Å². The molecule has 4 heterocycles. The summed E-state index contributed by atoms with van der Waals surface area (Å²) in [5.74, 6) is 2.06. The number of amides is 1. The molecule has 0 N–H and O–H groups in total. The first-order valence-electron chi connectivity index (χ1n) is 11.7. The van der Waals surface area contributed by atoms with E-state index in [4.69, 9.17) is 19.7 Å². The van der Waals surface area contributed by atoms with E-state index in [0.29, 0.717) is 38.4 Å². The van der Waals surface area contributed by atoms with Crippen molar-refractivity contribution in [2.45, 2.75) is 58.0 Å². The van der Waals surface area contributed by atoms with Crippen LogP contribution in [0.1, 0.15) is 46.0 Å². The van der Waals surface area contributed by atoms with Crippen LogP contribution in [0.3, 0.4) is 0 Å². The summed E-state index contributed by atoms with van der Waals surface area (Å²) in [6.45, 7) is 5.89. The lowest BCUT2D eigenvalue weighted by Gasteiger charge is -2.33. The largest absolute Gasteiger partial charge is 0.495 e. The van der Waals surface area contributed by atoms with Gasteiger partial charge in [0.25, 0.3) is 5.88 Å². The lowest BCUT2D eigenvalue weighted by atomic mass is 9.78. The van der Waals surface area contributed by atoms with Crippen LogP contribution < -0.4 is 0 Å². The van der Waals surface area contributed by atoms with Gasteiger partial charge in [-0.3, -0.25) is 14.8 Å². The van der Waals surface area contributed by atoms with Crippen LogP contribution in [0.5, 0.6) is 0 Å². The van der Waals surface area contributed by atoms with Crippen molar-refractivity contribution in [3.8, 4) is 6.07 Å². The Morgan fingerprint density at radius 2 is 2.16 bits per heavy atom. The number of allylic oxidation sites excluding steroid dienone is 1. The molecule has 0 spiro atoms. The molecule has 0 aliphatic carbocycles. The smallest absolute Gasteiger partial charge is 0.252 e. The standard InChI is InChI=1S/C24H33N5O3/c1-4-32-23-21(31-3)10-17(12-27-23)19-8-15(2)22-20(28-19)14-29(24(22)30)18-9-16(6-5-7-25)11-26-13-18/h11-12,15-19,22H,4-6,8-10,13-14H2,1-3H3. The zero-order chi connectivity index (χ0) is 22.7. The van der Waals surface area contributed by atoms with Gasteiger partial charge in [0, 0.05) is 36.9 Å². The van der Waals surface area contributed by atoms with Gasteiger partial charge in [0.2, 0.25) is 5.91 Å². The first-order chi connectivity index (χ1) is 15.5. The van der Waals surface area contributed by atoms with E-state index in [2.05, 4.69) is 23.0 Å². The Morgan fingerprint density at radius 3 is 2.91 bits per heavy atom. The van der Waals surface area contributed by atoms with Crippen molar-refractivity contribution in [1.29, 1.82) is 5.26 Å². The van der Waals surface area contributed by atoms with Crippen LogP contribution >= 0.6 is 0 Å². The quantitative estimate of drug-likeness (QED) is 0.609. The van der Waals surface area contributed by atoms with Crippen molar-refractivity contribution < 1.29 is 14.3 Å². The summed E-state index contributed by atoms with van der Waals surface area (Å²) < 4.78 is 11.1. The molecule has 0 bridgehead atoms. The maximum absolute atomic E-state index is 13.3. The second-order valence-electron chi connectivity index (χ2n) is 9.22. The summed E-state index contributed by atoms with van der Waals surface area (Å²) >= 11 is 0. The lowest BCUT2D eigenvalue weighted by molar-refractivity contribution is -0.134. The van der Waals surface area contributed by atoms with Gasteiger partial charge in [-0.1, -0.05) is 6.92 Å². The molecule has 0 aromatic rings. The van der Waals surface area contributed by atoms with Crippen LogP contribution in [0.2, 0.25) is 0 Å². The van der Waals surface area contributed by atoms with Crippen molar-refractivity contribution in [2.75, 3.05) is 26.8 Å². The van der Waals surface area contributed by atoms with Gasteiger partial charge in [0.05, 0.1) is 50.9 Å². The fourth-order valence-electron chi connectivity index (χ4n) is 5.46. The van der Waals surface area contributed by atoms with Crippen LogP contribution in [0.15, 0.2) is 26.6 Å². The zero-order valence-corrected chi connectivity index (χ0v) is 19.2. The monoisotopic (exact) mass is 439 g/mol. The fourth-order valence-corrected chi connectivity index (χ4v) is 5.46. The van der Waals surface area contributed by atoms with Crippen molar-refractivity contribution in [3.05, 3.63) is 11.6 Å². The molecule has 0 radical (unpaired) electrons. The number of aliphatic imine (C=N–C) groups is 3. The van der Waals surface area contributed by atoms with Gasteiger partial charge >= 0.3 is 0 Å². The molecule has 1 amide bonds. The third-order valence-corrected chi connectivity index (χ3v) is 7.09. The summed E-state index contributed by atoms with van der Waals surface area (Å²) in [4.78, 5) is 29.4. The van der Waals surface area contributed by atoms with Crippen molar-refractivity contribution in [2.24, 2.45) is 38.6 Å². The molecule has 1 fully saturated rings. The van der Waals surface area contributed by atoms with E-state index < -0.39 is 0 Å². The topological polar surface area (TPSA) is 99.6 Å². The first-order valence-corrected chi connectivity index (χ1v) is 11.7. The van der Waals surface area contributed by atoms with Gasteiger partial charge < -0.3 is 14.4 Å². The Hall–Kier alpha value is -2.69. The predicted molar refractivity (Wildman–Crippen MR) is 123 cm³/mol. The lowest BCUT2D eigenvalue weighted by Crippen LogP contribution is -2.43. The van der Waals surface area contributed by atoms with E-state index in [1.807, 2.05) is 24.3 Å². The maximum atomic E-state index is 13.3. The van der Waals surface area contributed by atoms with E-state index in [1.54, 1.807) is 7.11 Å². The molecule has 32 heavy (non-hydrogen) atoms. The highest BCUT2D eigenvalue weighted by atomic mass is 16.5. The number of nitrogens with zero attached hydrogens (tertiary/aromatic N) is 5. The van der Waals surface area contributed by atoms with Gasteiger partial charge in [0.15, 0.2) is 5.76 Å². The normalized spacial score (nSPS) is 34.2. The van der Waals surface area contributed by atoms with E-state index in [1.165, 1.54) is 0 Å². The average Bonchev–Trinajstić information content (AvgIpc) is 3.15. The molecule has 4 aliphatic rings. The van der Waals surface area contributed by atoms with Crippen LogP contribution in [0.25, 0.3) is 0 Å². The van der Waals surface area contributed by atoms with Gasteiger partial charge in [-0.2, -0.15) is 5.26 Å². The number of carbonyl (C=O) groups excluding carboxylic acids is 1. The molecule has 6 unspecified atom stereocenters. The number of hydrogen-bond acceptors (Lipinski definition) is 7. The minimum absolute atomic E-state index is 0.0915. The Kier molecular flexibility index (Phi) is 6.92. The molecular formula is C24H33N5O3. The van der Waals surface area contributed by atoms with Gasteiger partial charge in [-0.05, 0) is 38.0 Å². The molecule has 4 rings (SSSR count). The number of carbonyl (C=O) groups is 1. The number of nitriles is 1. The van der Waals surface area contributed by atoms with Crippen LogP contribution in [-0.2, 0) is 14.3 Å². The second kappa shape index (κ2) is 9.85. The molecule has 0 saturated carbocycles. The molecule has 1 saturated heterocycles. The highest BCUT2D eigenvalue weighted by Crippen LogP contribution is 2.38. The number of hydrogen-bond donors (Lipinski definition) is 0. The SMILES string of the molecule is CCOC1=C(OC)CC(C2CC(C)C3C(=O)N(C4CN=CC(CCC#N)C4)CC3=N2)C=N1. The zero-order valence-electron chi connectivity index (χ0n) is 19.2. The first kappa shape index (κ1) is 22.5. The molecule has 8 nitrogen and oxygen atoms in total. The molecule has 6 atom stereocenters. The third-order valence-electron chi connectivity index (χ3n) is 7.09. The number of likely N-dealkylation sites (tertiary alicyclic amines) is 1. The average molecular weight is 440 g/mol. The van der Waals surface area contributed by atoms with Crippen LogP contribution in [-0.4, -0.2) is 67.8 Å². The minimum Gasteiger partial charge on any atom is -0.495 e. The Morgan fingerprint density at radius 1 is 1.31 bits per heavy atom. The molecule has 8 heteroatoms. The van der Waals surface area contributed by atoms with Crippen molar-refractivity contribution >= 4 is 24.0 Å². The summed E-state index contributed by atoms with van der Waals surface area (Å²) in [6.07, 6.45) is 7.70. The fraction of sp³-hybridized carbons (Fsp3) is 0.708. The Bertz CT molecular complexity index is 887. The summed E-state index contributed by atoms with van der Waals surface area (Å²) in [5.41, 5.74) is 1.01. The predicted octanol–water partition coefficient (Wildman–Crippen LogP) is 3.00. The number of methoxy groups -OCH3 is 1. The minimum atomic E-state index is -0.119. The Labute approximate surface area is 190 Å². The molecule has 172 valence electrons. The highest BCUT2D eigenvalue weighted by Gasteiger charge is 2.47. The highest BCUT2D eigenvalue weighted by molar-refractivity contribution is 6.12. The van der Waals surface area contributed by atoms with E-state index in [9.17, 15) is 4.79 Å². The summed E-state index contributed by atoms with van der Waals surface area (Å²) in [6, 6.07) is 2.41. The second-order valence-corrected chi connectivity index (χ2v) is 9.22. The summed E-state index contributed by atoms with van der Waals surface area (Å²) in [5, 5.41) is 8.89. The maximum Gasteiger partial charge on any atom is 0.252 e. The van der Waals surface area contributed by atoms with Crippen molar-refractivity contribution in [1.82, 2.24) is 4.90 Å². The molecule has 0 aromatic carbocycles.